The summed E-state index contributed by atoms with van der Waals surface area (Å²) in [5.74, 6) is -1.44. The summed E-state index contributed by atoms with van der Waals surface area (Å²) in [5, 5.41) is 2.28. The van der Waals surface area contributed by atoms with E-state index in [2.05, 4.69) is 10.0 Å². The van der Waals surface area contributed by atoms with Gasteiger partial charge in [0.25, 0.3) is 10.0 Å². The Bertz CT molecular complexity index is 1040. The maximum absolute atomic E-state index is 14.0. The molecule has 0 bridgehead atoms. The Morgan fingerprint density at radius 1 is 1.11 bits per heavy atom. The van der Waals surface area contributed by atoms with Crippen LogP contribution in [0.4, 0.5) is 21.5 Å². The molecule has 0 atom stereocenters. The number of hydrogen-bond donors (Lipinski definition) is 2. The molecule has 2 amide bonds. The zero-order valence-electron chi connectivity index (χ0n) is 14.7. The number of nitrogens with one attached hydrogen (secondary N) is 2. The summed E-state index contributed by atoms with van der Waals surface area (Å²) in [6, 6.07) is 8.17. The number of amides is 2. The lowest BCUT2D eigenvalue weighted by Crippen LogP contribution is -2.25. The number of carbonyl (C=O) groups is 2. The normalized spacial score (nSPS) is 13.2. The molecule has 27 heavy (non-hydrogen) atoms. The van der Waals surface area contributed by atoms with Gasteiger partial charge in [-0.2, -0.15) is 0 Å². The molecule has 0 radical (unpaired) electrons. The molecule has 0 saturated heterocycles. The summed E-state index contributed by atoms with van der Waals surface area (Å²) in [6.07, 6.45) is 0.706. The van der Waals surface area contributed by atoms with Gasteiger partial charge in [-0.25, -0.2) is 12.8 Å². The third-order valence-electron chi connectivity index (χ3n) is 4.17. The van der Waals surface area contributed by atoms with Crippen LogP contribution in [0.5, 0.6) is 0 Å². The SMILES string of the molecule is CC(=O)Nc1ccc(S(=O)(=O)Nc2ccc3c(c2)N(C(C)=O)CC3)cc1F. The first kappa shape index (κ1) is 18.8. The van der Waals surface area contributed by atoms with Crippen molar-refractivity contribution in [1.82, 2.24) is 0 Å². The van der Waals surface area contributed by atoms with Crippen molar-refractivity contribution in [2.45, 2.75) is 25.2 Å². The van der Waals surface area contributed by atoms with Crippen molar-refractivity contribution in [3.8, 4) is 0 Å². The van der Waals surface area contributed by atoms with Crippen molar-refractivity contribution < 1.29 is 22.4 Å². The average Bonchev–Trinajstić information content (AvgIpc) is 2.99. The Morgan fingerprint density at radius 2 is 1.85 bits per heavy atom. The van der Waals surface area contributed by atoms with Gasteiger partial charge >= 0.3 is 0 Å². The highest BCUT2D eigenvalue weighted by molar-refractivity contribution is 7.92. The van der Waals surface area contributed by atoms with Crippen LogP contribution in [0.1, 0.15) is 19.4 Å². The monoisotopic (exact) mass is 391 g/mol. The molecule has 0 spiro atoms. The molecule has 1 aliphatic rings. The van der Waals surface area contributed by atoms with Crippen LogP contribution < -0.4 is 14.9 Å². The predicted octanol–water partition coefficient (Wildman–Crippen LogP) is 2.49. The van der Waals surface area contributed by atoms with Gasteiger partial charge in [0.1, 0.15) is 5.82 Å². The van der Waals surface area contributed by atoms with Crippen molar-refractivity contribution >= 4 is 38.9 Å². The number of hydrogen-bond acceptors (Lipinski definition) is 4. The van der Waals surface area contributed by atoms with Gasteiger partial charge in [-0.1, -0.05) is 6.07 Å². The van der Waals surface area contributed by atoms with E-state index < -0.39 is 21.7 Å². The molecule has 7 nitrogen and oxygen atoms in total. The Hall–Kier alpha value is -2.94. The summed E-state index contributed by atoms with van der Waals surface area (Å²) >= 11 is 0. The number of fused-ring (bicyclic) bond motifs is 1. The van der Waals surface area contributed by atoms with E-state index in [1.807, 2.05) is 0 Å². The summed E-state index contributed by atoms with van der Waals surface area (Å²) < 4.78 is 41.6. The third kappa shape index (κ3) is 3.92. The first-order chi connectivity index (χ1) is 12.7. The van der Waals surface area contributed by atoms with Gasteiger partial charge in [0.15, 0.2) is 0 Å². The van der Waals surface area contributed by atoms with E-state index in [0.717, 1.165) is 11.6 Å². The maximum atomic E-state index is 14.0. The summed E-state index contributed by atoms with van der Waals surface area (Å²) in [7, 11) is -4.04. The second kappa shape index (κ2) is 6.99. The fraction of sp³-hybridized carbons (Fsp3) is 0.222. The first-order valence-electron chi connectivity index (χ1n) is 8.18. The highest BCUT2D eigenvalue weighted by Gasteiger charge is 2.23. The van der Waals surface area contributed by atoms with Gasteiger partial charge < -0.3 is 10.2 Å². The molecule has 0 fully saturated rings. The zero-order valence-corrected chi connectivity index (χ0v) is 15.6. The van der Waals surface area contributed by atoms with Crippen LogP contribution in [-0.2, 0) is 26.0 Å². The second-order valence-corrected chi connectivity index (χ2v) is 7.87. The molecule has 0 saturated carbocycles. The molecule has 1 aliphatic heterocycles. The molecular formula is C18H18FN3O4S. The van der Waals surface area contributed by atoms with Crippen LogP contribution in [0.3, 0.4) is 0 Å². The van der Waals surface area contributed by atoms with Crippen LogP contribution in [0.25, 0.3) is 0 Å². The molecule has 142 valence electrons. The minimum Gasteiger partial charge on any atom is -0.324 e. The van der Waals surface area contributed by atoms with Crippen LogP contribution in [0.15, 0.2) is 41.3 Å². The smallest absolute Gasteiger partial charge is 0.261 e. The first-order valence-corrected chi connectivity index (χ1v) is 9.67. The summed E-state index contributed by atoms with van der Waals surface area (Å²) in [5.41, 5.74) is 1.79. The van der Waals surface area contributed by atoms with Crippen molar-refractivity contribution in [2.24, 2.45) is 0 Å². The van der Waals surface area contributed by atoms with Crippen molar-refractivity contribution in [3.63, 3.8) is 0 Å². The van der Waals surface area contributed by atoms with Crippen molar-refractivity contribution in [3.05, 3.63) is 47.8 Å². The average molecular weight is 391 g/mol. The lowest BCUT2D eigenvalue weighted by Gasteiger charge is -2.16. The number of rotatable bonds is 4. The molecule has 0 unspecified atom stereocenters. The molecule has 0 aromatic heterocycles. The fourth-order valence-electron chi connectivity index (χ4n) is 2.94. The van der Waals surface area contributed by atoms with Gasteiger partial charge in [0.05, 0.1) is 16.3 Å². The number of nitrogens with zero attached hydrogens (tertiary/aromatic N) is 1. The minimum absolute atomic E-state index is 0.101. The number of benzene rings is 2. The minimum atomic E-state index is -4.04. The molecule has 3 rings (SSSR count). The largest absolute Gasteiger partial charge is 0.324 e. The summed E-state index contributed by atoms with van der Waals surface area (Å²) in [6.45, 7) is 3.23. The van der Waals surface area contributed by atoms with Gasteiger partial charge in [-0.15, -0.1) is 0 Å². The molecule has 1 heterocycles. The van der Waals surface area contributed by atoms with E-state index in [1.54, 1.807) is 23.1 Å². The maximum Gasteiger partial charge on any atom is 0.261 e. The molecule has 2 aromatic rings. The third-order valence-corrected chi connectivity index (χ3v) is 5.55. The van der Waals surface area contributed by atoms with Gasteiger partial charge in [0, 0.05) is 26.1 Å². The van der Waals surface area contributed by atoms with E-state index in [1.165, 1.54) is 26.0 Å². The molecule has 9 heteroatoms. The molecule has 2 N–H and O–H groups in total. The van der Waals surface area contributed by atoms with Crippen LogP contribution in [0, 0.1) is 5.82 Å². The van der Waals surface area contributed by atoms with Gasteiger partial charge in [-0.05, 0) is 42.3 Å². The van der Waals surface area contributed by atoms with Crippen molar-refractivity contribution in [2.75, 3.05) is 21.5 Å². The standard InChI is InChI=1S/C18H18FN3O4S/c1-11(23)20-17-6-5-15(10-16(17)19)27(25,26)21-14-4-3-13-7-8-22(12(2)24)18(13)9-14/h3-6,9-10,21H,7-8H2,1-2H3,(H,20,23). The lowest BCUT2D eigenvalue weighted by molar-refractivity contribution is -0.116. The molecule has 0 aliphatic carbocycles. The Labute approximate surface area is 156 Å². The van der Waals surface area contributed by atoms with E-state index >= 15 is 0 Å². The predicted molar refractivity (Wildman–Crippen MR) is 99.7 cm³/mol. The van der Waals surface area contributed by atoms with E-state index in [9.17, 15) is 22.4 Å². The Kier molecular flexibility index (Phi) is 4.88. The van der Waals surface area contributed by atoms with Crippen LogP contribution in [0.2, 0.25) is 0 Å². The number of carbonyl (C=O) groups excluding carboxylic acids is 2. The van der Waals surface area contributed by atoms with Gasteiger partial charge in [-0.3, -0.25) is 14.3 Å². The fourth-order valence-corrected chi connectivity index (χ4v) is 4.00. The van der Waals surface area contributed by atoms with Crippen LogP contribution in [-0.4, -0.2) is 26.8 Å². The number of sulfonamides is 1. The number of halogens is 1. The van der Waals surface area contributed by atoms with E-state index in [0.29, 0.717) is 18.7 Å². The molecule has 2 aromatic carbocycles. The van der Waals surface area contributed by atoms with Crippen molar-refractivity contribution in [1.29, 1.82) is 0 Å². The number of anilines is 3. The van der Waals surface area contributed by atoms with Crippen LogP contribution >= 0.6 is 0 Å². The quantitative estimate of drug-likeness (QED) is 0.837. The highest BCUT2D eigenvalue weighted by atomic mass is 32.2. The molecular weight excluding hydrogens is 373 g/mol. The van der Waals surface area contributed by atoms with E-state index in [4.69, 9.17) is 0 Å². The Morgan fingerprint density at radius 3 is 2.48 bits per heavy atom. The topological polar surface area (TPSA) is 95.6 Å². The Balaban J connectivity index is 1.87. The second-order valence-electron chi connectivity index (χ2n) is 6.19. The van der Waals surface area contributed by atoms with E-state index in [-0.39, 0.29) is 22.2 Å². The lowest BCUT2D eigenvalue weighted by atomic mass is 10.1. The highest BCUT2D eigenvalue weighted by Crippen LogP contribution is 2.32. The van der Waals surface area contributed by atoms with Gasteiger partial charge in [0.2, 0.25) is 11.8 Å². The zero-order chi connectivity index (χ0) is 19.8. The summed E-state index contributed by atoms with van der Waals surface area (Å²) in [4.78, 5) is 24.0.